The number of hydrogen-bond acceptors (Lipinski definition) is 8. The van der Waals surface area contributed by atoms with Crippen LogP contribution in [-0.4, -0.2) is 87.5 Å². The first-order valence-electron chi connectivity index (χ1n) is 36.5. The van der Waals surface area contributed by atoms with Gasteiger partial charge in [-0.1, -0.05) is 353 Å². The van der Waals surface area contributed by atoms with Crippen molar-refractivity contribution in [1.82, 2.24) is 5.32 Å². The molecule has 9 nitrogen and oxygen atoms in total. The lowest BCUT2D eigenvalue weighted by Gasteiger charge is -2.40. The lowest BCUT2D eigenvalue weighted by Crippen LogP contribution is -2.60. The molecule has 0 spiro atoms. The highest BCUT2D eigenvalue weighted by Crippen LogP contribution is 2.24. The van der Waals surface area contributed by atoms with E-state index >= 15 is 0 Å². The fourth-order valence-corrected chi connectivity index (χ4v) is 12.1. The molecule has 82 heavy (non-hydrogen) atoms. The standard InChI is InChI=1S/C73H141NO8/c1-3-5-7-9-11-13-15-17-19-21-23-25-27-28-29-30-31-32-33-34-35-36-37-38-39-40-41-43-45-47-49-51-53-55-57-59-61-63-69(77)74-66(65-81-73-72(80)71(79)70(78)68(64-75)82-73)67(76)62-60-58-56-54-52-50-48-46-44-42-26-24-22-20-18-16-14-12-10-8-6-4-2/h15,17,21,23,66-68,70-73,75-76,78-80H,3-14,16,18-20,22,24-65H2,1-2H3,(H,74,77)/b17-15-,23-21-. The fraction of sp³-hybridized carbons (Fsp3) is 0.932. The van der Waals surface area contributed by atoms with Crippen LogP contribution in [-0.2, 0) is 14.3 Å². The van der Waals surface area contributed by atoms with Crippen molar-refractivity contribution in [2.45, 2.75) is 423 Å². The van der Waals surface area contributed by atoms with E-state index < -0.39 is 49.5 Å². The molecule has 0 aromatic heterocycles. The molecular formula is C73H141NO8. The minimum absolute atomic E-state index is 0.132. The number of hydrogen-bond donors (Lipinski definition) is 6. The van der Waals surface area contributed by atoms with E-state index in [4.69, 9.17) is 9.47 Å². The maximum atomic E-state index is 13.2. The smallest absolute Gasteiger partial charge is 0.220 e. The van der Waals surface area contributed by atoms with E-state index in [-0.39, 0.29) is 12.5 Å². The highest BCUT2D eigenvalue weighted by atomic mass is 16.7. The molecule has 486 valence electrons. The van der Waals surface area contributed by atoms with Gasteiger partial charge in [0.15, 0.2) is 6.29 Å². The van der Waals surface area contributed by atoms with Gasteiger partial charge >= 0.3 is 0 Å². The van der Waals surface area contributed by atoms with E-state index in [1.807, 2.05) is 0 Å². The first-order valence-corrected chi connectivity index (χ1v) is 36.5. The quantitative estimate of drug-likeness (QED) is 0.0261. The number of carbonyl (C=O) groups excluding carboxylic acids is 1. The fourth-order valence-electron chi connectivity index (χ4n) is 12.1. The van der Waals surface area contributed by atoms with Crippen LogP contribution in [0.15, 0.2) is 24.3 Å². The van der Waals surface area contributed by atoms with Gasteiger partial charge in [-0.25, -0.2) is 0 Å². The summed E-state index contributed by atoms with van der Waals surface area (Å²) in [5.41, 5.74) is 0. The Bertz CT molecular complexity index is 1340. The minimum atomic E-state index is -1.55. The number of nitrogens with one attached hydrogen (secondary N) is 1. The molecule has 1 saturated heterocycles. The van der Waals surface area contributed by atoms with Gasteiger partial charge in [-0.2, -0.15) is 0 Å². The maximum Gasteiger partial charge on any atom is 0.220 e. The summed E-state index contributed by atoms with van der Waals surface area (Å²) in [6.45, 7) is 3.89. The second-order valence-corrected chi connectivity index (χ2v) is 25.7. The molecule has 1 fully saturated rings. The lowest BCUT2D eigenvalue weighted by molar-refractivity contribution is -0.302. The number of rotatable bonds is 65. The van der Waals surface area contributed by atoms with E-state index in [0.29, 0.717) is 12.8 Å². The highest BCUT2D eigenvalue weighted by molar-refractivity contribution is 5.76. The number of aliphatic hydroxyl groups is 5. The Balaban J connectivity index is 2.05. The molecule has 1 heterocycles. The molecule has 6 N–H and O–H groups in total. The van der Waals surface area contributed by atoms with Gasteiger partial charge in [-0.15, -0.1) is 0 Å². The van der Waals surface area contributed by atoms with Crippen LogP contribution in [0, 0.1) is 0 Å². The molecule has 9 heteroatoms. The van der Waals surface area contributed by atoms with E-state index in [9.17, 15) is 30.3 Å². The summed E-state index contributed by atoms with van der Waals surface area (Å²) in [7, 11) is 0. The van der Waals surface area contributed by atoms with Crippen LogP contribution in [0.4, 0.5) is 0 Å². The van der Waals surface area contributed by atoms with Gasteiger partial charge in [0.1, 0.15) is 24.4 Å². The van der Waals surface area contributed by atoms with Gasteiger partial charge in [-0.05, 0) is 44.9 Å². The van der Waals surface area contributed by atoms with Crippen LogP contribution in [0.5, 0.6) is 0 Å². The van der Waals surface area contributed by atoms with E-state index in [1.165, 1.54) is 308 Å². The Labute approximate surface area is 509 Å². The van der Waals surface area contributed by atoms with E-state index in [1.54, 1.807) is 0 Å². The highest BCUT2D eigenvalue weighted by Gasteiger charge is 2.44. The third kappa shape index (κ3) is 50.8. The SMILES string of the molecule is CCCCCCC/C=C\C/C=C\CCCCCCCCCCCCCCCCCCCCCCCCCCCC(=O)NC(COC1OC(CO)C(O)C(O)C1O)C(O)CCCCCCCCCCCCCCCCCCCCCCCC. The Morgan fingerprint density at radius 1 is 0.415 bits per heavy atom. The van der Waals surface area contributed by atoms with Crippen molar-refractivity contribution in [3.05, 3.63) is 24.3 Å². The van der Waals surface area contributed by atoms with Gasteiger partial charge in [-0.3, -0.25) is 4.79 Å². The van der Waals surface area contributed by atoms with Crippen molar-refractivity contribution < 1.29 is 39.8 Å². The summed E-state index contributed by atoms with van der Waals surface area (Å²) < 4.78 is 11.4. The number of allylic oxidation sites excluding steroid dienone is 4. The summed E-state index contributed by atoms with van der Waals surface area (Å²) >= 11 is 0. The minimum Gasteiger partial charge on any atom is -0.394 e. The number of carbonyl (C=O) groups is 1. The maximum absolute atomic E-state index is 13.2. The molecule has 0 aromatic carbocycles. The molecule has 1 rings (SSSR count). The molecule has 0 saturated carbocycles. The zero-order chi connectivity index (χ0) is 59.3. The number of ether oxygens (including phenoxy) is 2. The monoisotopic (exact) mass is 1160 g/mol. The van der Waals surface area contributed by atoms with Gasteiger partial charge in [0.05, 0.1) is 25.4 Å². The number of aliphatic hydroxyl groups excluding tert-OH is 5. The van der Waals surface area contributed by atoms with Crippen molar-refractivity contribution in [2.24, 2.45) is 0 Å². The molecule has 0 bridgehead atoms. The second-order valence-electron chi connectivity index (χ2n) is 25.7. The summed E-state index contributed by atoms with van der Waals surface area (Å²) in [6.07, 6.45) is 75.5. The van der Waals surface area contributed by atoms with Crippen LogP contribution in [0.25, 0.3) is 0 Å². The van der Waals surface area contributed by atoms with E-state index in [0.717, 1.165) is 44.9 Å². The average Bonchev–Trinajstić information content (AvgIpc) is 3.59. The first kappa shape index (κ1) is 78.7. The van der Waals surface area contributed by atoms with E-state index in [2.05, 4.69) is 43.5 Å². The molecule has 0 aromatic rings. The number of amides is 1. The molecule has 7 atom stereocenters. The van der Waals surface area contributed by atoms with Gasteiger partial charge in [0.25, 0.3) is 0 Å². The zero-order valence-corrected chi connectivity index (χ0v) is 54.5. The lowest BCUT2D eigenvalue weighted by atomic mass is 9.99. The van der Waals surface area contributed by atoms with Crippen molar-refractivity contribution in [1.29, 1.82) is 0 Å². The summed E-state index contributed by atoms with van der Waals surface area (Å²) in [5, 5.41) is 54.9. The Morgan fingerprint density at radius 2 is 0.720 bits per heavy atom. The molecule has 7 unspecified atom stereocenters. The van der Waals surface area contributed by atoms with Crippen molar-refractivity contribution in [3.63, 3.8) is 0 Å². The van der Waals surface area contributed by atoms with Crippen LogP contribution < -0.4 is 5.32 Å². The van der Waals surface area contributed by atoms with Gasteiger partial charge in [0.2, 0.25) is 5.91 Å². The zero-order valence-electron chi connectivity index (χ0n) is 54.5. The van der Waals surface area contributed by atoms with Gasteiger partial charge in [0, 0.05) is 6.42 Å². The molecule has 1 amide bonds. The van der Waals surface area contributed by atoms with Crippen molar-refractivity contribution in [2.75, 3.05) is 13.2 Å². The summed E-state index contributed by atoms with van der Waals surface area (Å²) in [4.78, 5) is 13.2. The van der Waals surface area contributed by atoms with Crippen molar-refractivity contribution in [3.8, 4) is 0 Å². The van der Waals surface area contributed by atoms with Crippen LogP contribution in [0.3, 0.4) is 0 Å². The summed E-state index contributed by atoms with van der Waals surface area (Å²) in [6, 6.07) is -0.717. The molecular weight excluding hydrogens is 1020 g/mol. The second kappa shape index (κ2) is 62.7. The predicted octanol–water partition coefficient (Wildman–Crippen LogP) is 20.0. The predicted molar refractivity (Wildman–Crippen MR) is 350 cm³/mol. The molecule has 1 aliphatic rings. The Morgan fingerprint density at radius 3 is 1.05 bits per heavy atom. The van der Waals surface area contributed by atoms with Gasteiger partial charge < -0.3 is 40.3 Å². The third-order valence-corrected chi connectivity index (χ3v) is 17.8. The van der Waals surface area contributed by atoms with Crippen LogP contribution >= 0.6 is 0 Å². The normalized spacial score (nSPS) is 18.4. The third-order valence-electron chi connectivity index (χ3n) is 17.8. The van der Waals surface area contributed by atoms with Crippen LogP contribution in [0.2, 0.25) is 0 Å². The largest absolute Gasteiger partial charge is 0.394 e. The Hall–Kier alpha value is -1.33. The topological polar surface area (TPSA) is 149 Å². The molecule has 0 radical (unpaired) electrons. The Kier molecular flexibility index (Phi) is 60.2. The molecule has 1 aliphatic heterocycles. The number of unbranched alkanes of at least 4 members (excludes halogenated alkanes) is 51. The van der Waals surface area contributed by atoms with Crippen molar-refractivity contribution >= 4 is 5.91 Å². The average molecular weight is 1160 g/mol. The molecule has 0 aliphatic carbocycles. The van der Waals surface area contributed by atoms with Crippen LogP contribution in [0.1, 0.15) is 380 Å². The first-order chi connectivity index (χ1) is 40.3. The summed E-state index contributed by atoms with van der Waals surface area (Å²) in [5.74, 6) is -0.135.